The number of benzene rings is 1. The Morgan fingerprint density at radius 3 is 2.62 bits per heavy atom. The minimum Gasteiger partial charge on any atom is -0.453 e. The van der Waals surface area contributed by atoms with Gasteiger partial charge in [-0.25, -0.2) is 15.0 Å². The van der Waals surface area contributed by atoms with Gasteiger partial charge in [0, 0.05) is 67.2 Å². The van der Waals surface area contributed by atoms with Gasteiger partial charge in [-0.15, -0.1) is 0 Å². The summed E-state index contributed by atoms with van der Waals surface area (Å²) in [4.78, 5) is 34.1. The van der Waals surface area contributed by atoms with Gasteiger partial charge in [0.1, 0.15) is 16.8 Å². The molecule has 1 amide bonds. The van der Waals surface area contributed by atoms with E-state index in [9.17, 15) is 4.79 Å². The first-order valence-corrected chi connectivity index (χ1v) is 13.1. The monoisotopic (exact) mass is 542 g/mol. The zero-order valence-corrected chi connectivity index (χ0v) is 22.5. The molecular weight excluding hydrogens is 516 g/mol. The maximum absolute atomic E-state index is 13.5. The lowest BCUT2D eigenvalue weighted by atomic mass is 10.1. The number of carbonyl (C=O) groups excluding carboxylic acids is 1. The van der Waals surface area contributed by atoms with Crippen LogP contribution in [0.5, 0.6) is 11.5 Å². The van der Waals surface area contributed by atoms with Crippen molar-refractivity contribution in [1.29, 1.82) is 0 Å². The highest BCUT2D eigenvalue weighted by Crippen LogP contribution is 2.31. The minimum absolute atomic E-state index is 0.301. The molecule has 0 saturated carbocycles. The van der Waals surface area contributed by atoms with Crippen molar-refractivity contribution in [2.45, 2.75) is 32.9 Å². The van der Waals surface area contributed by atoms with E-state index in [4.69, 9.17) is 16.3 Å². The lowest BCUT2D eigenvalue weighted by molar-refractivity contribution is 0.102. The molecule has 2 atom stereocenters. The Morgan fingerprint density at radius 2 is 1.85 bits per heavy atom. The fraction of sp³-hybridized carbons (Fsp3) is 0.250. The first-order chi connectivity index (χ1) is 18.8. The summed E-state index contributed by atoms with van der Waals surface area (Å²) >= 11 is 6.14. The standard InChI is InChI=1S/C28H27ClN8O2/c1-16-12-36(13-17(2)33-16)27-25-24(30-7-8-31-25)22(11-32-27)28(38)35-20-10-23(26-34-18(3)14-37(26)15-20)39-21-6-4-5-19(29)9-21/h4-11,14-17,33H,12-13H2,1-3H3,(H,35,38)/t16-,17-/m1/s1. The van der Waals surface area contributed by atoms with Crippen LogP contribution in [0.3, 0.4) is 0 Å². The van der Waals surface area contributed by atoms with Crippen molar-refractivity contribution >= 4 is 45.7 Å². The zero-order chi connectivity index (χ0) is 27.1. The largest absolute Gasteiger partial charge is 0.453 e. The van der Waals surface area contributed by atoms with E-state index in [1.54, 1.807) is 49.1 Å². The molecule has 1 aliphatic heterocycles. The number of pyridine rings is 2. The van der Waals surface area contributed by atoms with Gasteiger partial charge in [-0.2, -0.15) is 0 Å². The molecule has 1 saturated heterocycles. The van der Waals surface area contributed by atoms with E-state index < -0.39 is 0 Å². The van der Waals surface area contributed by atoms with Gasteiger partial charge in [-0.05, 0) is 39.0 Å². The number of carbonyl (C=O) groups is 1. The number of imidazole rings is 1. The molecule has 0 spiro atoms. The number of hydrogen-bond acceptors (Lipinski definition) is 8. The van der Waals surface area contributed by atoms with Crippen molar-refractivity contribution in [3.05, 3.63) is 77.6 Å². The summed E-state index contributed by atoms with van der Waals surface area (Å²) in [6.07, 6.45) is 8.43. The quantitative estimate of drug-likeness (QED) is 0.324. The molecular formula is C28H27ClN8O2. The molecule has 5 aromatic rings. The molecule has 198 valence electrons. The van der Waals surface area contributed by atoms with Gasteiger partial charge < -0.3 is 24.7 Å². The van der Waals surface area contributed by atoms with Crippen molar-refractivity contribution < 1.29 is 9.53 Å². The van der Waals surface area contributed by atoms with Crippen LogP contribution in [0.15, 0.2) is 61.3 Å². The van der Waals surface area contributed by atoms with Crippen molar-refractivity contribution in [2.24, 2.45) is 0 Å². The number of anilines is 2. The number of nitrogens with one attached hydrogen (secondary N) is 2. The maximum atomic E-state index is 13.5. The molecule has 2 N–H and O–H groups in total. The third kappa shape index (κ3) is 5.08. The Labute approximate surface area is 230 Å². The number of aromatic nitrogens is 5. The van der Waals surface area contributed by atoms with Crippen LogP contribution in [-0.2, 0) is 0 Å². The fourth-order valence-electron chi connectivity index (χ4n) is 5.03. The number of piperazine rings is 1. The van der Waals surface area contributed by atoms with Gasteiger partial charge in [0.2, 0.25) is 0 Å². The Bertz CT molecular complexity index is 1690. The van der Waals surface area contributed by atoms with E-state index >= 15 is 0 Å². The number of ether oxygens (including phenoxy) is 1. The Balaban J connectivity index is 1.34. The average Bonchev–Trinajstić information content (AvgIpc) is 3.28. The molecule has 10 nitrogen and oxygen atoms in total. The summed E-state index contributed by atoms with van der Waals surface area (Å²) in [6.45, 7) is 7.75. The lowest BCUT2D eigenvalue weighted by Crippen LogP contribution is -2.54. The average molecular weight is 543 g/mol. The van der Waals surface area contributed by atoms with Crippen molar-refractivity contribution in [2.75, 3.05) is 23.3 Å². The molecule has 0 aliphatic carbocycles. The second-order valence-electron chi connectivity index (χ2n) is 9.84. The number of nitrogens with zero attached hydrogens (tertiary/aromatic N) is 6. The molecule has 39 heavy (non-hydrogen) atoms. The molecule has 0 radical (unpaired) electrons. The van der Waals surface area contributed by atoms with E-state index in [2.05, 4.69) is 49.3 Å². The van der Waals surface area contributed by atoms with Gasteiger partial charge in [0.05, 0.1) is 16.9 Å². The molecule has 1 aliphatic rings. The van der Waals surface area contributed by atoms with Crippen LogP contribution >= 0.6 is 11.6 Å². The first-order valence-electron chi connectivity index (χ1n) is 12.7. The Kier molecular flexibility index (Phi) is 6.49. The van der Waals surface area contributed by atoms with Crippen molar-refractivity contribution in [3.63, 3.8) is 0 Å². The maximum Gasteiger partial charge on any atom is 0.259 e. The number of aryl methyl sites for hydroxylation is 1. The predicted octanol–water partition coefficient (Wildman–Crippen LogP) is 4.87. The molecule has 11 heteroatoms. The molecule has 1 fully saturated rings. The first kappa shape index (κ1) is 25.0. The molecule has 4 aromatic heterocycles. The Hall–Kier alpha value is -4.28. The normalized spacial score (nSPS) is 17.5. The van der Waals surface area contributed by atoms with Gasteiger partial charge in [-0.3, -0.25) is 9.78 Å². The number of rotatable bonds is 5. The van der Waals surface area contributed by atoms with Crippen LogP contribution in [0.1, 0.15) is 29.9 Å². The molecule has 0 unspecified atom stereocenters. The lowest BCUT2D eigenvalue weighted by Gasteiger charge is -2.37. The second kappa shape index (κ2) is 10.1. The van der Waals surface area contributed by atoms with Crippen molar-refractivity contribution in [3.8, 4) is 11.5 Å². The highest BCUT2D eigenvalue weighted by molar-refractivity contribution is 6.30. The summed E-state index contributed by atoms with van der Waals surface area (Å²) < 4.78 is 7.94. The SMILES string of the molecule is Cc1cn2cc(NC(=O)c3cnc(N4C[C@@H](C)N[C@H](C)C4)c4nccnc34)cc(Oc3cccc(Cl)c3)c2n1. The van der Waals surface area contributed by atoms with E-state index in [0.29, 0.717) is 56.5 Å². The third-order valence-electron chi connectivity index (χ3n) is 6.50. The van der Waals surface area contributed by atoms with E-state index in [-0.39, 0.29) is 5.91 Å². The minimum atomic E-state index is -0.355. The topological polar surface area (TPSA) is 110 Å². The number of hydrogen-bond donors (Lipinski definition) is 2. The van der Waals surface area contributed by atoms with Crippen LogP contribution in [0.4, 0.5) is 11.5 Å². The van der Waals surface area contributed by atoms with Crippen LogP contribution < -0.4 is 20.3 Å². The van der Waals surface area contributed by atoms with Crippen molar-refractivity contribution in [1.82, 2.24) is 29.7 Å². The van der Waals surface area contributed by atoms with Crippen LogP contribution in [0, 0.1) is 6.92 Å². The number of fused-ring (bicyclic) bond motifs is 2. The predicted molar refractivity (Wildman–Crippen MR) is 151 cm³/mol. The van der Waals surface area contributed by atoms with Gasteiger partial charge in [-0.1, -0.05) is 17.7 Å². The van der Waals surface area contributed by atoms with Crippen LogP contribution in [0.2, 0.25) is 5.02 Å². The zero-order valence-electron chi connectivity index (χ0n) is 21.7. The van der Waals surface area contributed by atoms with Gasteiger partial charge in [0.15, 0.2) is 17.2 Å². The fourth-order valence-corrected chi connectivity index (χ4v) is 5.21. The smallest absolute Gasteiger partial charge is 0.259 e. The summed E-state index contributed by atoms with van der Waals surface area (Å²) in [7, 11) is 0. The Morgan fingerprint density at radius 1 is 1.08 bits per heavy atom. The summed E-state index contributed by atoms with van der Waals surface area (Å²) in [5.74, 6) is 1.41. The number of amides is 1. The van der Waals surface area contributed by atoms with Gasteiger partial charge in [0.25, 0.3) is 5.91 Å². The molecule has 1 aromatic carbocycles. The summed E-state index contributed by atoms with van der Waals surface area (Å²) in [6, 6.07) is 9.45. The van der Waals surface area contributed by atoms with E-state index in [1.165, 1.54) is 0 Å². The third-order valence-corrected chi connectivity index (χ3v) is 6.74. The second-order valence-corrected chi connectivity index (χ2v) is 10.3. The number of halogens is 1. The molecule has 5 heterocycles. The highest BCUT2D eigenvalue weighted by Gasteiger charge is 2.26. The van der Waals surface area contributed by atoms with Crippen LogP contribution in [-0.4, -0.2) is 55.4 Å². The highest BCUT2D eigenvalue weighted by atomic mass is 35.5. The molecule has 6 rings (SSSR count). The molecule has 0 bridgehead atoms. The van der Waals surface area contributed by atoms with E-state index in [1.807, 2.05) is 23.6 Å². The van der Waals surface area contributed by atoms with Crippen LogP contribution in [0.25, 0.3) is 16.7 Å². The summed E-state index contributed by atoms with van der Waals surface area (Å²) in [5.41, 5.74) is 3.37. The van der Waals surface area contributed by atoms with Gasteiger partial charge >= 0.3 is 0 Å². The van der Waals surface area contributed by atoms with E-state index in [0.717, 1.165) is 24.6 Å². The summed E-state index contributed by atoms with van der Waals surface area (Å²) in [5, 5.41) is 7.06.